The molecule has 0 bridgehead atoms. The molecule has 0 spiro atoms. The van der Waals surface area contributed by atoms with Crippen molar-refractivity contribution in [2.75, 3.05) is 14.1 Å². The van der Waals surface area contributed by atoms with Crippen molar-refractivity contribution in [2.45, 2.75) is 19.4 Å². The van der Waals surface area contributed by atoms with Crippen LogP contribution in [0.5, 0.6) is 0 Å². The lowest BCUT2D eigenvalue weighted by Crippen LogP contribution is -2.38. The van der Waals surface area contributed by atoms with E-state index in [0.717, 1.165) is 0 Å². The molecular weight excluding hydrogens is 200 g/mol. The summed E-state index contributed by atoms with van der Waals surface area (Å²) in [6.07, 6.45) is 0.139. The highest BCUT2D eigenvalue weighted by atomic mass is 16.5. The molecule has 0 aliphatic heterocycles. The summed E-state index contributed by atoms with van der Waals surface area (Å²) in [6.45, 7) is 1.63. The molecule has 0 aliphatic carbocycles. The van der Waals surface area contributed by atoms with Gasteiger partial charge in [-0.2, -0.15) is 5.16 Å². The second-order valence-electron chi connectivity index (χ2n) is 3.59. The first-order valence-corrected chi connectivity index (χ1v) is 4.49. The number of rotatable bonds is 4. The molecule has 0 aliphatic rings. The molecule has 0 unspecified atom stereocenters. The van der Waals surface area contributed by atoms with Gasteiger partial charge in [-0.3, -0.25) is 14.5 Å². The number of carboxylic acids is 1. The number of nitrogens with zero attached hydrogens (tertiary/aromatic N) is 1. The van der Waals surface area contributed by atoms with E-state index in [2.05, 4.69) is 5.16 Å². The molecular formula is C9H14N2O4. The number of aryl methyl sites for hydroxylation is 1. The lowest BCUT2D eigenvalue weighted by atomic mass is 10.1. The van der Waals surface area contributed by atoms with Crippen LogP contribution in [0.3, 0.4) is 0 Å². The highest BCUT2D eigenvalue weighted by Crippen LogP contribution is 2.07. The van der Waals surface area contributed by atoms with Gasteiger partial charge in [-0.25, -0.2) is 0 Å². The SMILES string of the molecule is Cc1o[nH]c(=O)c1C[C@H](C(=O)O)N(C)C. The summed E-state index contributed by atoms with van der Waals surface area (Å²) in [4.78, 5) is 23.7. The molecule has 6 heteroatoms. The van der Waals surface area contributed by atoms with E-state index in [4.69, 9.17) is 9.63 Å². The topological polar surface area (TPSA) is 86.5 Å². The maximum absolute atomic E-state index is 11.3. The van der Waals surface area contributed by atoms with Crippen molar-refractivity contribution in [1.29, 1.82) is 0 Å². The molecule has 0 aromatic carbocycles. The molecule has 15 heavy (non-hydrogen) atoms. The summed E-state index contributed by atoms with van der Waals surface area (Å²) in [5, 5.41) is 11.1. The van der Waals surface area contributed by atoms with Gasteiger partial charge in [-0.1, -0.05) is 0 Å². The van der Waals surface area contributed by atoms with Crippen LogP contribution in [0.15, 0.2) is 9.32 Å². The second-order valence-corrected chi connectivity index (χ2v) is 3.59. The predicted octanol–water partition coefficient (Wildman–Crippen LogP) is -0.166. The Kier molecular flexibility index (Phi) is 3.31. The number of aromatic nitrogens is 1. The molecule has 1 heterocycles. The molecule has 1 aromatic rings. The van der Waals surface area contributed by atoms with E-state index in [1.165, 1.54) is 0 Å². The second kappa shape index (κ2) is 4.31. The number of carboxylic acid groups (broad SMARTS) is 1. The van der Waals surface area contributed by atoms with Gasteiger partial charge in [0, 0.05) is 6.42 Å². The molecule has 0 saturated carbocycles. The number of aromatic amines is 1. The number of hydrogen-bond acceptors (Lipinski definition) is 4. The largest absolute Gasteiger partial charge is 0.480 e. The van der Waals surface area contributed by atoms with Crippen LogP contribution >= 0.6 is 0 Å². The minimum atomic E-state index is -0.958. The first-order chi connectivity index (χ1) is 6.93. The molecule has 0 saturated heterocycles. The normalized spacial score (nSPS) is 13.1. The molecule has 0 fully saturated rings. The van der Waals surface area contributed by atoms with E-state index in [0.29, 0.717) is 11.3 Å². The van der Waals surface area contributed by atoms with E-state index in [1.807, 2.05) is 0 Å². The lowest BCUT2D eigenvalue weighted by Gasteiger charge is -2.18. The van der Waals surface area contributed by atoms with E-state index in [1.54, 1.807) is 25.9 Å². The Hall–Kier alpha value is -1.56. The summed E-state index contributed by atoms with van der Waals surface area (Å²) in [5.41, 5.74) is 0.0247. The Morgan fingerprint density at radius 2 is 2.20 bits per heavy atom. The van der Waals surface area contributed by atoms with Crippen LogP contribution in [0, 0.1) is 6.92 Å². The third-order valence-corrected chi connectivity index (χ3v) is 2.30. The Morgan fingerprint density at radius 3 is 2.53 bits per heavy atom. The van der Waals surface area contributed by atoms with Crippen molar-refractivity contribution >= 4 is 5.97 Å². The average molecular weight is 214 g/mol. The van der Waals surface area contributed by atoms with Gasteiger partial charge in [0.15, 0.2) is 0 Å². The number of likely N-dealkylation sites (N-methyl/N-ethyl adjacent to an activating group) is 1. The fourth-order valence-corrected chi connectivity index (χ4v) is 1.33. The van der Waals surface area contributed by atoms with Gasteiger partial charge in [-0.15, -0.1) is 0 Å². The van der Waals surface area contributed by atoms with Gasteiger partial charge in [0.25, 0.3) is 5.56 Å². The van der Waals surface area contributed by atoms with Gasteiger partial charge < -0.3 is 9.63 Å². The maximum atomic E-state index is 11.3. The van der Waals surface area contributed by atoms with Gasteiger partial charge in [-0.05, 0) is 21.0 Å². The Balaban J connectivity index is 2.93. The smallest absolute Gasteiger partial charge is 0.321 e. The summed E-state index contributed by atoms with van der Waals surface area (Å²) in [7, 11) is 3.31. The van der Waals surface area contributed by atoms with Crippen molar-refractivity contribution in [3.05, 3.63) is 21.7 Å². The van der Waals surface area contributed by atoms with Crippen molar-refractivity contribution < 1.29 is 14.4 Å². The van der Waals surface area contributed by atoms with Crippen LogP contribution in [0.1, 0.15) is 11.3 Å². The first-order valence-electron chi connectivity index (χ1n) is 4.49. The van der Waals surface area contributed by atoms with Crippen LogP contribution in [0.4, 0.5) is 0 Å². The van der Waals surface area contributed by atoms with E-state index < -0.39 is 12.0 Å². The summed E-state index contributed by atoms with van der Waals surface area (Å²) in [5.74, 6) is -0.520. The van der Waals surface area contributed by atoms with Crippen LogP contribution < -0.4 is 5.56 Å². The van der Waals surface area contributed by atoms with Crippen molar-refractivity contribution in [3.8, 4) is 0 Å². The number of aliphatic carboxylic acids is 1. The quantitative estimate of drug-likeness (QED) is 0.726. The van der Waals surface area contributed by atoms with E-state index in [9.17, 15) is 9.59 Å². The van der Waals surface area contributed by atoms with Crippen molar-refractivity contribution in [3.63, 3.8) is 0 Å². The minimum Gasteiger partial charge on any atom is -0.480 e. The minimum absolute atomic E-state index is 0.139. The third kappa shape index (κ3) is 2.47. The van der Waals surface area contributed by atoms with Gasteiger partial charge in [0.05, 0.1) is 5.56 Å². The standard InChI is InChI=1S/C9H14N2O4/c1-5-6(8(12)10-15-5)4-7(9(13)14)11(2)3/h7H,4H2,1-3H3,(H,10,12)(H,13,14)/t7-/m1/s1. The average Bonchev–Trinajstić information content (AvgIpc) is 2.42. The van der Waals surface area contributed by atoms with E-state index >= 15 is 0 Å². The van der Waals surface area contributed by atoms with Gasteiger partial charge in [0.1, 0.15) is 11.8 Å². The number of H-pyrrole nitrogens is 1. The zero-order valence-corrected chi connectivity index (χ0v) is 8.90. The molecule has 0 amide bonds. The molecule has 84 valence electrons. The zero-order valence-electron chi connectivity index (χ0n) is 8.90. The first kappa shape index (κ1) is 11.5. The molecule has 6 nitrogen and oxygen atoms in total. The highest BCUT2D eigenvalue weighted by molar-refractivity contribution is 5.73. The fraction of sp³-hybridized carbons (Fsp3) is 0.556. The van der Waals surface area contributed by atoms with Crippen LogP contribution in [0.25, 0.3) is 0 Å². The summed E-state index contributed by atoms with van der Waals surface area (Å²) >= 11 is 0. The van der Waals surface area contributed by atoms with Crippen LogP contribution in [0.2, 0.25) is 0 Å². The fourth-order valence-electron chi connectivity index (χ4n) is 1.33. The van der Waals surface area contributed by atoms with Gasteiger partial charge in [0.2, 0.25) is 0 Å². The molecule has 1 atom stereocenters. The Bertz CT molecular complexity index is 404. The Labute approximate surface area is 86.5 Å². The Morgan fingerprint density at radius 1 is 1.60 bits per heavy atom. The lowest BCUT2D eigenvalue weighted by molar-refractivity contribution is -0.142. The summed E-state index contributed by atoms with van der Waals surface area (Å²) in [6, 6.07) is -0.720. The monoisotopic (exact) mass is 214 g/mol. The molecule has 2 N–H and O–H groups in total. The molecule has 1 aromatic heterocycles. The molecule has 0 radical (unpaired) electrons. The predicted molar refractivity (Wildman–Crippen MR) is 52.9 cm³/mol. The van der Waals surface area contributed by atoms with Crippen molar-refractivity contribution in [1.82, 2.24) is 10.1 Å². The van der Waals surface area contributed by atoms with Crippen LogP contribution in [-0.2, 0) is 11.2 Å². The molecule has 1 rings (SSSR count). The maximum Gasteiger partial charge on any atom is 0.321 e. The third-order valence-electron chi connectivity index (χ3n) is 2.30. The number of nitrogens with one attached hydrogen (secondary N) is 1. The van der Waals surface area contributed by atoms with Crippen LogP contribution in [-0.4, -0.2) is 41.3 Å². The highest BCUT2D eigenvalue weighted by Gasteiger charge is 2.23. The number of carbonyl (C=O) groups is 1. The summed E-state index contributed by atoms with van der Waals surface area (Å²) < 4.78 is 4.81. The van der Waals surface area contributed by atoms with E-state index in [-0.39, 0.29) is 12.0 Å². The van der Waals surface area contributed by atoms with Crippen molar-refractivity contribution in [2.24, 2.45) is 0 Å². The number of hydrogen-bond donors (Lipinski definition) is 2. The zero-order chi connectivity index (χ0) is 11.6. The van der Waals surface area contributed by atoms with Gasteiger partial charge >= 0.3 is 5.97 Å².